The van der Waals surface area contributed by atoms with E-state index in [1.54, 1.807) is 12.4 Å². The Morgan fingerprint density at radius 1 is 1.38 bits per heavy atom. The van der Waals surface area contributed by atoms with E-state index in [1.807, 2.05) is 28.8 Å². The van der Waals surface area contributed by atoms with E-state index < -0.39 is 0 Å². The molecule has 62 valence electrons. The van der Waals surface area contributed by atoms with Gasteiger partial charge in [-0.2, -0.15) is 5.26 Å². The van der Waals surface area contributed by atoms with Crippen LogP contribution in [-0.4, -0.2) is 4.57 Å². The number of nitriles is 1. The van der Waals surface area contributed by atoms with Gasteiger partial charge in [0, 0.05) is 17.8 Å². The van der Waals surface area contributed by atoms with E-state index in [0.717, 1.165) is 10.9 Å². The van der Waals surface area contributed by atoms with Crippen LogP contribution in [-0.2, 0) is 0 Å². The first-order valence-electron chi connectivity index (χ1n) is 3.99. The number of rotatable bonds is 1. The van der Waals surface area contributed by atoms with Crippen LogP contribution in [0.25, 0.3) is 17.1 Å². The average molecular weight is 168 g/mol. The fraction of sp³-hybridized carbons (Fsp3) is 0. The third-order valence-electron chi connectivity index (χ3n) is 2.06. The number of fused-ring (bicyclic) bond motifs is 1. The minimum absolute atomic E-state index is 0.690. The summed E-state index contributed by atoms with van der Waals surface area (Å²) in [4.78, 5) is 0. The molecule has 0 radical (unpaired) electrons. The van der Waals surface area contributed by atoms with Gasteiger partial charge in [-0.3, -0.25) is 0 Å². The van der Waals surface area contributed by atoms with Crippen LogP contribution in [0.3, 0.4) is 0 Å². The minimum atomic E-state index is 0.690. The SMILES string of the molecule is C=Cn1cc(C#N)c2ccccc21. The van der Waals surface area contributed by atoms with Crippen molar-refractivity contribution in [1.29, 1.82) is 5.26 Å². The number of nitrogens with zero attached hydrogens (tertiary/aromatic N) is 2. The normalized spacial score (nSPS) is 9.77. The Balaban J connectivity index is 2.92. The van der Waals surface area contributed by atoms with Crippen molar-refractivity contribution in [2.75, 3.05) is 0 Å². The Kier molecular flexibility index (Phi) is 1.64. The number of para-hydroxylation sites is 1. The first-order chi connectivity index (χ1) is 6.36. The van der Waals surface area contributed by atoms with Crippen LogP contribution < -0.4 is 0 Å². The molecule has 13 heavy (non-hydrogen) atoms. The lowest BCUT2D eigenvalue weighted by atomic mass is 10.2. The van der Waals surface area contributed by atoms with Gasteiger partial charge in [0.1, 0.15) is 6.07 Å². The van der Waals surface area contributed by atoms with Crippen molar-refractivity contribution in [2.45, 2.75) is 0 Å². The summed E-state index contributed by atoms with van der Waals surface area (Å²) in [5.41, 5.74) is 1.71. The number of aromatic nitrogens is 1. The molecule has 2 heteroatoms. The topological polar surface area (TPSA) is 28.7 Å². The molecular formula is C11H8N2. The van der Waals surface area contributed by atoms with Gasteiger partial charge in [-0.1, -0.05) is 24.8 Å². The first-order valence-corrected chi connectivity index (χ1v) is 3.99. The Morgan fingerprint density at radius 2 is 2.15 bits per heavy atom. The summed E-state index contributed by atoms with van der Waals surface area (Å²) in [6.45, 7) is 3.68. The molecule has 0 aliphatic heterocycles. The minimum Gasteiger partial charge on any atom is -0.322 e. The van der Waals surface area contributed by atoms with Crippen molar-refractivity contribution in [2.24, 2.45) is 0 Å². The summed E-state index contributed by atoms with van der Waals surface area (Å²) in [6.07, 6.45) is 3.49. The van der Waals surface area contributed by atoms with Crippen molar-refractivity contribution in [3.63, 3.8) is 0 Å². The Labute approximate surface area is 76.3 Å². The highest BCUT2D eigenvalue weighted by molar-refractivity contribution is 5.87. The molecule has 0 spiro atoms. The highest BCUT2D eigenvalue weighted by Gasteiger charge is 2.04. The predicted molar refractivity (Wildman–Crippen MR) is 53.0 cm³/mol. The lowest BCUT2D eigenvalue weighted by Gasteiger charge is -1.93. The molecule has 0 bridgehead atoms. The molecule has 0 saturated heterocycles. The third-order valence-corrected chi connectivity index (χ3v) is 2.06. The van der Waals surface area contributed by atoms with Gasteiger partial charge in [0.25, 0.3) is 0 Å². The molecule has 0 N–H and O–H groups in total. The largest absolute Gasteiger partial charge is 0.322 e. The van der Waals surface area contributed by atoms with E-state index in [9.17, 15) is 0 Å². The summed E-state index contributed by atoms with van der Waals surface area (Å²) in [5, 5.41) is 9.82. The molecule has 0 atom stereocenters. The van der Waals surface area contributed by atoms with E-state index in [0.29, 0.717) is 5.56 Å². The van der Waals surface area contributed by atoms with Crippen molar-refractivity contribution < 1.29 is 0 Å². The molecule has 2 rings (SSSR count). The number of benzene rings is 1. The zero-order valence-electron chi connectivity index (χ0n) is 7.07. The van der Waals surface area contributed by atoms with Crippen molar-refractivity contribution in [3.8, 4) is 6.07 Å². The second-order valence-corrected chi connectivity index (χ2v) is 2.76. The lowest BCUT2D eigenvalue weighted by Crippen LogP contribution is -1.79. The van der Waals surface area contributed by atoms with Gasteiger partial charge >= 0.3 is 0 Å². The van der Waals surface area contributed by atoms with Gasteiger partial charge in [-0.25, -0.2) is 0 Å². The van der Waals surface area contributed by atoms with E-state index in [1.165, 1.54) is 0 Å². The molecule has 0 unspecified atom stereocenters. The molecule has 0 amide bonds. The molecule has 0 aliphatic rings. The quantitative estimate of drug-likeness (QED) is 0.643. The lowest BCUT2D eigenvalue weighted by molar-refractivity contribution is 1.23. The van der Waals surface area contributed by atoms with Crippen LogP contribution in [0.1, 0.15) is 5.56 Å². The molecule has 1 aromatic heterocycles. The van der Waals surface area contributed by atoms with Crippen LogP contribution >= 0.6 is 0 Å². The number of hydrogen-bond donors (Lipinski definition) is 0. The highest BCUT2D eigenvalue weighted by Crippen LogP contribution is 2.20. The maximum atomic E-state index is 8.85. The van der Waals surface area contributed by atoms with E-state index in [2.05, 4.69) is 12.6 Å². The highest BCUT2D eigenvalue weighted by atomic mass is 14.9. The molecule has 0 fully saturated rings. The molecule has 0 saturated carbocycles. The maximum Gasteiger partial charge on any atom is 0.101 e. The number of hydrogen-bond acceptors (Lipinski definition) is 1. The van der Waals surface area contributed by atoms with Gasteiger partial charge in [-0.05, 0) is 6.07 Å². The van der Waals surface area contributed by atoms with E-state index in [4.69, 9.17) is 5.26 Å². The summed E-state index contributed by atoms with van der Waals surface area (Å²) in [5.74, 6) is 0. The second kappa shape index (κ2) is 2.80. The summed E-state index contributed by atoms with van der Waals surface area (Å²) in [7, 11) is 0. The smallest absolute Gasteiger partial charge is 0.101 e. The Bertz CT molecular complexity index is 500. The van der Waals surface area contributed by atoms with E-state index in [-0.39, 0.29) is 0 Å². The maximum absolute atomic E-state index is 8.85. The Morgan fingerprint density at radius 3 is 2.85 bits per heavy atom. The van der Waals surface area contributed by atoms with Crippen molar-refractivity contribution in [1.82, 2.24) is 4.57 Å². The molecule has 1 heterocycles. The second-order valence-electron chi connectivity index (χ2n) is 2.76. The monoisotopic (exact) mass is 168 g/mol. The summed E-state index contributed by atoms with van der Waals surface area (Å²) in [6, 6.07) is 9.94. The molecule has 2 aromatic rings. The summed E-state index contributed by atoms with van der Waals surface area (Å²) >= 11 is 0. The Hall–Kier alpha value is -2.01. The molecule has 1 aromatic carbocycles. The van der Waals surface area contributed by atoms with Crippen LogP contribution in [0, 0.1) is 11.3 Å². The average Bonchev–Trinajstić information content (AvgIpc) is 2.56. The van der Waals surface area contributed by atoms with Crippen LogP contribution in [0.5, 0.6) is 0 Å². The molecular weight excluding hydrogens is 160 g/mol. The van der Waals surface area contributed by atoms with Crippen molar-refractivity contribution in [3.05, 3.63) is 42.6 Å². The summed E-state index contributed by atoms with van der Waals surface area (Å²) < 4.78 is 1.86. The van der Waals surface area contributed by atoms with Crippen LogP contribution in [0.2, 0.25) is 0 Å². The zero-order chi connectivity index (χ0) is 9.26. The van der Waals surface area contributed by atoms with Crippen LogP contribution in [0.4, 0.5) is 0 Å². The standard InChI is InChI=1S/C11H8N2/c1-2-13-8-9(7-12)10-5-3-4-6-11(10)13/h2-6,8H,1H2. The van der Waals surface area contributed by atoms with Gasteiger partial charge in [-0.15, -0.1) is 0 Å². The first kappa shape index (κ1) is 7.63. The van der Waals surface area contributed by atoms with Crippen molar-refractivity contribution >= 4 is 17.1 Å². The van der Waals surface area contributed by atoms with E-state index >= 15 is 0 Å². The van der Waals surface area contributed by atoms with Crippen LogP contribution in [0.15, 0.2) is 37.0 Å². The zero-order valence-corrected chi connectivity index (χ0v) is 7.07. The predicted octanol–water partition coefficient (Wildman–Crippen LogP) is 2.61. The molecule has 2 nitrogen and oxygen atoms in total. The fourth-order valence-corrected chi connectivity index (χ4v) is 1.44. The van der Waals surface area contributed by atoms with Gasteiger partial charge in [0.2, 0.25) is 0 Å². The molecule has 0 aliphatic carbocycles. The third kappa shape index (κ3) is 1.02. The van der Waals surface area contributed by atoms with Gasteiger partial charge < -0.3 is 4.57 Å². The van der Waals surface area contributed by atoms with Gasteiger partial charge in [0.05, 0.1) is 11.1 Å². The van der Waals surface area contributed by atoms with Gasteiger partial charge in [0.15, 0.2) is 0 Å². The fourth-order valence-electron chi connectivity index (χ4n) is 1.44.